The summed E-state index contributed by atoms with van der Waals surface area (Å²) in [6.45, 7) is 7.71. The molecule has 1 saturated heterocycles. The maximum absolute atomic E-state index is 12.3. The molecular formula is C23H34F3NO4. The van der Waals surface area contributed by atoms with Gasteiger partial charge < -0.3 is 19.3 Å². The monoisotopic (exact) mass is 445 g/mol. The Balaban J connectivity index is 1.68. The summed E-state index contributed by atoms with van der Waals surface area (Å²) in [6.07, 6.45) is -3.91. The number of alkyl halides is 3. The second-order valence-corrected chi connectivity index (χ2v) is 9.46. The topological polar surface area (TPSA) is 51.2 Å². The summed E-state index contributed by atoms with van der Waals surface area (Å²) in [5, 5.41) is 10.7. The third-order valence-electron chi connectivity index (χ3n) is 5.82. The van der Waals surface area contributed by atoms with Gasteiger partial charge in [0.05, 0.1) is 31.5 Å². The highest BCUT2D eigenvalue weighted by Crippen LogP contribution is 2.42. The molecule has 1 fully saturated rings. The summed E-state index contributed by atoms with van der Waals surface area (Å²) in [5.74, 6) is 1.13. The van der Waals surface area contributed by atoms with E-state index in [4.69, 9.17) is 14.2 Å². The molecule has 3 atom stereocenters. The van der Waals surface area contributed by atoms with Crippen molar-refractivity contribution in [3.05, 3.63) is 23.3 Å². The molecule has 0 saturated carbocycles. The first-order valence-corrected chi connectivity index (χ1v) is 11.0. The number of fused-ring (bicyclic) bond motifs is 3. The maximum Gasteiger partial charge on any atom is 0.389 e. The average Bonchev–Trinajstić information content (AvgIpc) is 2.66. The molecule has 0 radical (unpaired) electrons. The SMILES string of the molecule is COc1cc2c(cc1OCCCCC(F)(F)F)CCN1CC(OC(C)(C)C)C(O)CC21. The zero-order valence-corrected chi connectivity index (χ0v) is 18.8. The number of hydrogen-bond acceptors (Lipinski definition) is 5. The predicted octanol–water partition coefficient (Wildman–Crippen LogP) is 4.65. The van der Waals surface area contributed by atoms with Gasteiger partial charge in [-0.15, -0.1) is 0 Å². The van der Waals surface area contributed by atoms with Gasteiger partial charge in [-0.25, -0.2) is 0 Å². The van der Waals surface area contributed by atoms with Crippen molar-refractivity contribution < 1.29 is 32.5 Å². The molecule has 0 spiro atoms. The van der Waals surface area contributed by atoms with E-state index in [1.807, 2.05) is 32.9 Å². The van der Waals surface area contributed by atoms with E-state index in [1.54, 1.807) is 7.11 Å². The molecule has 0 amide bonds. The number of aliphatic hydroxyl groups excluding tert-OH is 1. The normalized spacial score (nSPS) is 24.5. The molecule has 5 nitrogen and oxygen atoms in total. The van der Waals surface area contributed by atoms with Crippen LogP contribution in [0.3, 0.4) is 0 Å². The molecule has 2 aliphatic rings. The fourth-order valence-corrected chi connectivity index (χ4v) is 4.44. The zero-order valence-electron chi connectivity index (χ0n) is 18.8. The van der Waals surface area contributed by atoms with Crippen LogP contribution in [0.25, 0.3) is 0 Å². The van der Waals surface area contributed by atoms with Crippen LogP contribution in [-0.2, 0) is 11.2 Å². The smallest absolute Gasteiger partial charge is 0.389 e. The van der Waals surface area contributed by atoms with Crippen LogP contribution in [0.5, 0.6) is 11.5 Å². The van der Waals surface area contributed by atoms with E-state index in [-0.39, 0.29) is 30.8 Å². The van der Waals surface area contributed by atoms with Crippen LogP contribution in [0.4, 0.5) is 13.2 Å². The van der Waals surface area contributed by atoms with Gasteiger partial charge in [-0.1, -0.05) is 0 Å². The van der Waals surface area contributed by atoms with Crippen LogP contribution in [0.1, 0.15) is 63.6 Å². The number of aliphatic hydroxyl groups is 1. The van der Waals surface area contributed by atoms with Crippen LogP contribution >= 0.6 is 0 Å². The molecule has 1 aromatic rings. The Morgan fingerprint density at radius 1 is 1.13 bits per heavy atom. The summed E-state index contributed by atoms with van der Waals surface area (Å²) in [5.41, 5.74) is 1.93. The Kier molecular flexibility index (Phi) is 7.43. The van der Waals surface area contributed by atoms with Gasteiger partial charge in [-0.05, 0) is 69.7 Å². The van der Waals surface area contributed by atoms with Crippen molar-refractivity contribution in [2.24, 2.45) is 0 Å². The number of methoxy groups -OCH3 is 1. The van der Waals surface area contributed by atoms with Gasteiger partial charge in [-0.3, -0.25) is 4.90 Å². The molecule has 0 bridgehead atoms. The first-order chi connectivity index (χ1) is 14.5. The van der Waals surface area contributed by atoms with E-state index in [0.717, 1.165) is 24.1 Å². The van der Waals surface area contributed by atoms with Crippen molar-refractivity contribution in [3.63, 3.8) is 0 Å². The van der Waals surface area contributed by atoms with E-state index >= 15 is 0 Å². The summed E-state index contributed by atoms with van der Waals surface area (Å²) in [6, 6.07) is 3.97. The van der Waals surface area contributed by atoms with Gasteiger partial charge in [-0.2, -0.15) is 13.2 Å². The van der Waals surface area contributed by atoms with E-state index in [2.05, 4.69) is 4.90 Å². The molecule has 0 aromatic heterocycles. The third kappa shape index (κ3) is 6.49. The number of ether oxygens (including phenoxy) is 3. The first kappa shape index (κ1) is 24.1. The van der Waals surface area contributed by atoms with Gasteiger partial charge in [0, 0.05) is 25.6 Å². The summed E-state index contributed by atoms with van der Waals surface area (Å²) in [7, 11) is 1.56. The molecule has 8 heteroatoms. The number of halogens is 3. The van der Waals surface area contributed by atoms with E-state index in [9.17, 15) is 18.3 Å². The Morgan fingerprint density at radius 3 is 2.52 bits per heavy atom. The van der Waals surface area contributed by atoms with Gasteiger partial charge in [0.15, 0.2) is 11.5 Å². The maximum atomic E-state index is 12.3. The second-order valence-electron chi connectivity index (χ2n) is 9.46. The lowest BCUT2D eigenvalue weighted by molar-refractivity contribution is -0.149. The molecule has 2 heterocycles. The Morgan fingerprint density at radius 2 is 1.87 bits per heavy atom. The number of benzene rings is 1. The molecule has 0 aliphatic carbocycles. The van der Waals surface area contributed by atoms with Gasteiger partial charge in [0.2, 0.25) is 0 Å². The van der Waals surface area contributed by atoms with E-state index in [1.165, 1.54) is 0 Å². The molecule has 31 heavy (non-hydrogen) atoms. The lowest BCUT2D eigenvalue weighted by Gasteiger charge is -2.46. The Labute approximate surface area is 182 Å². The van der Waals surface area contributed by atoms with Crippen molar-refractivity contribution in [1.29, 1.82) is 0 Å². The van der Waals surface area contributed by atoms with Gasteiger partial charge in [0.25, 0.3) is 0 Å². The number of rotatable bonds is 7. The van der Waals surface area contributed by atoms with Crippen molar-refractivity contribution in [3.8, 4) is 11.5 Å². The number of hydrogen-bond donors (Lipinski definition) is 1. The molecule has 3 unspecified atom stereocenters. The van der Waals surface area contributed by atoms with Gasteiger partial charge >= 0.3 is 6.18 Å². The average molecular weight is 446 g/mol. The van der Waals surface area contributed by atoms with Crippen LogP contribution in [0, 0.1) is 0 Å². The van der Waals surface area contributed by atoms with Crippen molar-refractivity contribution in [1.82, 2.24) is 4.90 Å². The highest BCUT2D eigenvalue weighted by atomic mass is 19.4. The van der Waals surface area contributed by atoms with Crippen LogP contribution in [0.15, 0.2) is 12.1 Å². The van der Waals surface area contributed by atoms with E-state index in [0.29, 0.717) is 30.9 Å². The van der Waals surface area contributed by atoms with Crippen molar-refractivity contribution in [2.75, 3.05) is 26.8 Å². The van der Waals surface area contributed by atoms with Gasteiger partial charge in [0.1, 0.15) is 0 Å². The quantitative estimate of drug-likeness (QED) is 0.619. The van der Waals surface area contributed by atoms with Crippen LogP contribution in [0.2, 0.25) is 0 Å². The predicted molar refractivity (Wildman–Crippen MR) is 112 cm³/mol. The summed E-state index contributed by atoms with van der Waals surface area (Å²) >= 11 is 0. The molecule has 1 aromatic carbocycles. The largest absolute Gasteiger partial charge is 0.493 e. The number of unbranched alkanes of at least 4 members (excludes halogenated alkanes) is 1. The number of piperidine rings is 1. The lowest BCUT2D eigenvalue weighted by atomic mass is 9.84. The van der Waals surface area contributed by atoms with Crippen molar-refractivity contribution >= 4 is 0 Å². The van der Waals surface area contributed by atoms with Crippen LogP contribution < -0.4 is 9.47 Å². The molecule has 2 aliphatic heterocycles. The minimum atomic E-state index is -4.13. The first-order valence-electron chi connectivity index (χ1n) is 11.0. The minimum Gasteiger partial charge on any atom is -0.493 e. The second kappa shape index (κ2) is 9.55. The Hall–Kier alpha value is -1.51. The molecule has 1 N–H and O–H groups in total. The molecular weight excluding hydrogens is 411 g/mol. The standard InChI is InChI=1S/C23H34F3NO4/c1-22(2,3)31-21-14-27-9-7-15-11-20(30-10-6-5-8-23(24,25)26)19(29-4)12-16(15)17(27)13-18(21)28/h11-12,17-18,21,28H,5-10,13-14H2,1-4H3. The Bertz CT molecular complexity index is 748. The lowest BCUT2D eigenvalue weighted by Crippen LogP contribution is -2.53. The van der Waals surface area contributed by atoms with Crippen LogP contribution in [-0.4, -0.2) is 60.8 Å². The fraction of sp³-hybridized carbons (Fsp3) is 0.739. The minimum absolute atomic E-state index is 0.0451. The molecule has 3 rings (SSSR count). The summed E-state index contributed by atoms with van der Waals surface area (Å²) in [4.78, 5) is 2.35. The fourth-order valence-electron chi connectivity index (χ4n) is 4.44. The third-order valence-corrected chi connectivity index (χ3v) is 5.82. The highest BCUT2D eigenvalue weighted by molar-refractivity contribution is 5.49. The zero-order chi connectivity index (χ0) is 22.8. The number of nitrogens with zero attached hydrogens (tertiary/aromatic N) is 1. The molecule has 176 valence electrons. The highest BCUT2D eigenvalue weighted by Gasteiger charge is 2.40. The summed E-state index contributed by atoms with van der Waals surface area (Å²) < 4.78 is 54.2. The van der Waals surface area contributed by atoms with E-state index < -0.39 is 18.7 Å². The van der Waals surface area contributed by atoms with Crippen molar-refractivity contribution in [2.45, 2.75) is 82.9 Å².